The van der Waals surface area contributed by atoms with E-state index < -0.39 is 0 Å². The first-order valence-corrected chi connectivity index (χ1v) is 8.17. The molecule has 1 fully saturated rings. The van der Waals surface area contributed by atoms with E-state index in [4.69, 9.17) is 9.47 Å². The van der Waals surface area contributed by atoms with Gasteiger partial charge in [-0.2, -0.15) is 0 Å². The van der Waals surface area contributed by atoms with Gasteiger partial charge >= 0.3 is 0 Å². The van der Waals surface area contributed by atoms with Gasteiger partial charge in [-0.25, -0.2) is 0 Å². The molecule has 0 radical (unpaired) electrons. The maximum atomic E-state index is 5.23. The molecule has 3 nitrogen and oxygen atoms in total. The summed E-state index contributed by atoms with van der Waals surface area (Å²) in [5, 5.41) is 3.68. The molecule has 0 heterocycles. The molecule has 1 unspecified atom stereocenters. The molecule has 1 N–H and O–H groups in total. The van der Waals surface area contributed by atoms with Crippen molar-refractivity contribution in [2.24, 2.45) is 5.92 Å². The normalized spacial score (nSPS) is 15.9. The molecule has 3 heteroatoms. The second kappa shape index (κ2) is 9.06. The smallest absolute Gasteiger partial charge is 0.118 e. The molecule has 0 spiro atoms. The summed E-state index contributed by atoms with van der Waals surface area (Å²) in [6.07, 6.45) is 7.56. The van der Waals surface area contributed by atoms with Gasteiger partial charge in [0, 0.05) is 19.8 Å². The zero-order valence-corrected chi connectivity index (χ0v) is 13.4. The van der Waals surface area contributed by atoms with Gasteiger partial charge in [-0.15, -0.1) is 0 Å². The lowest BCUT2D eigenvalue weighted by molar-refractivity contribution is 0.190. The maximum Gasteiger partial charge on any atom is 0.118 e. The molecule has 0 aromatic heterocycles. The Morgan fingerprint density at radius 2 is 1.90 bits per heavy atom. The largest absolute Gasteiger partial charge is 0.497 e. The molecule has 0 saturated heterocycles. The van der Waals surface area contributed by atoms with Crippen LogP contribution in [0.2, 0.25) is 0 Å². The van der Waals surface area contributed by atoms with E-state index in [0.717, 1.165) is 37.3 Å². The van der Waals surface area contributed by atoms with Crippen LogP contribution in [0.1, 0.15) is 37.7 Å². The summed E-state index contributed by atoms with van der Waals surface area (Å²) in [6.45, 7) is 2.02. The third-order valence-electron chi connectivity index (χ3n) is 4.17. The Bertz CT molecular complexity index is 387. The van der Waals surface area contributed by atoms with Gasteiger partial charge in [-0.3, -0.25) is 0 Å². The zero-order valence-electron chi connectivity index (χ0n) is 13.4. The van der Waals surface area contributed by atoms with Crippen LogP contribution in [0.5, 0.6) is 5.75 Å². The van der Waals surface area contributed by atoms with E-state index in [0.29, 0.717) is 0 Å². The van der Waals surface area contributed by atoms with Gasteiger partial charge in [-0.05, 0) is 62.3 Å². The van der Waals surface area contributed by atoms with Crippen LogP contribution < -0.4 is 10.1 Å². The lowest BCUT2D eigenvalue weighted by atomic mass is 9.94. The standard InChI is InChI=1S/C18H29NO2/c1-20-12-4-3-5-16(14-19-17-8-9-17)13-15-6-10-18(21-2)11-7-15/h6-7,10-11,16-17,19H,3-5,8-9,12-14H2,1-2H3. The van der Waals surface area contributed by atoms with Crippen molar-refractivity contribution in [3.63, 3.8) is 0 Å². The molecule has 0 amide bonds. The van der Waals surface area contributed by atoms with Crippen LogP contribution in [0.15, 0.2) is 24.3 Å². The number of hydrogen-bond acceptors (Lipinski definition) is 3. The second-order valence-corrected chi connectivity index (χ2v) is 6.09. The Labute approximate surface area is 129 Å². The van der Waals surface area contributed by atoms with Crippen molar-refractivity contribution in [2.45, 2.75) is 44.6 Å². The van der Waals surface area contributed by atoms with Crippen molar-refractivity contribution in [2.75, 3.05) is 27.4 Å². The fourth-order valence-electron chi connectivity index (χ4n) is 2.67. The van der Waals surface area contributed by atoms with Crippen LogP contribution in [-0.2, 0) is 11.2 Å². The average molecular weight is 291 g/mol. The third-order valence-corrected chi connectivity index (χ3v) is 4.17. The van der Waals surface area contributed by atoms with Crippen molar-refractivity contribution >= 4 is 0 Å². The molecule has 0 bridgehead atoms. The van der Waals surface area contributed by atoms with Crippen LogP contribution in [0.4, 0.5) is 0 Å². The van der Waals surface area contributed by atoms with Crippen LogP contribution in [0.25, 0.3) is 0 Å². The number of rotatable bonds is 11. The van der Waals surface area contributed by atoms with Crippen molar-refractivity contribution in [1.82, 2.24) is 5.32 Å². The van der Waals surface area contributed by atoms with E-state index in [1.54, 1.807) is 14.2 Å². The van der Waals surface area contributed by atoms with Crippen LogP contribution in [0, 0.1) is 5.92 Å². The molecule has 1 atom stereocenters. The summed E-state index contributed by atoms with van der Waals surface area (Å²) in [5.74, 6) is 1.65. The first-order chi connectivity index (χ1) is 10.3. The van der Waals surface area contributed by atoms with E-state index in [-0.39, 0.29) is 0 Å². The van der Waals surface area contributed by atoms with E-state index in [1.165, 1.54) is 37.7 Å². The molecule has 118 valence electrons. The second-order valence-electron chi connectivity index (χ2n) is 6.09. The van der Waals surface area contributed by atoms with Gasteiger partial charge in [-0.1, -0.05) is 18.6 Å². The first-order valence-electron chi connectivity index (χ1n) is 8.17. The molecule has 1 aliphatic carbocycles. The number of ether oxygens (including phenoxy) is 2. The average Bonchev–Trinajstić information content (AvgIpc) is 3.34. The highest BCUT2D eigenvalue weighted by molar-refractivity contribution is 5.27. The highest BCUT2D eigenvalue weighted by Crippen LogP contribution is 2.22. The fourth-order valence-corrected chi connectivity index (χ4v) is 2.67. The van der Waals surface area contributed by atoms with Crippen LogP contribution in [0.3, 0.4) is 0 Å². The van der Waals surface area contributed by atoms with Gasteiger partial charge in [0.2, 0.25) is 0 Å². The number of nitrogens with one attached hydrogen (secondary N) is 1. The molecule has 0 aliphatic heterocycles. The summed E-state index contributed by atoms with van der Waals surface area (Å²) in [4.78, 5) is 0. The molecule has 2 rings (SSSR count). The van der Waals surface area contributed by atoms with E-state index in [2.05, 4.69) is 29.6 Å². The lowest BCUT2D eigenvalue weighted by Gasteiger charge is -2.18. The predicted octanol–water partition coefficient (Wildman–Crippen LogP) is 3.42. The summed E-state index contributed by atoms with van der Waals surface area (Å²) in [7, 11) is 3.50. The van der Waals surface area contributed by atoms with Gasteiger partial charge < -0.3 is 14.8 Å². The first kappa shape index (κ1) is 16.3. The van der Waals surface area contributed by atoms with E-state index >= 15 is 0 Å². The minimum atomic E-state index is 0.718. The SMILES string of the molecule is COCCCCC(CNC1CC1)Cc1ccc(OC)cc1. The Balaban J connectivity index is 1.79. The molecule has 1 aromatic rings. The van der Waals surface area contributed by atoms with Gasteiger partial charge in [0.25, 0.3) is 0 Å². The molecule has 21 heavy (non-hydrogen) atoms. The fraction of sp³-hybridized carbons (Fsp3) is 0.667. The molecule has 1 saturated carbocycles. The van der Waals surface area contributed by atoms with E-state index in [9.17, 15) is 0 Å². The summed E-state index contributed by atoms with van der Waals surface area (Å²) < 4.78 is 10.4. The highest BCUT2D eigenvalue weighted by Gasteiger charge is 2.21. The van der Waals surface area contributed by atoms with Crippen LogP contribution >= 0.6 is 0 Å². The van der Waals surface area contributed by atoms with E-state index in [1.807, 2.05) is 0 Å². The Hall–Kier alpha value is -1.06. The molecule has 1 aliphatic rings. The number of benzene rings is 1. The number of methoxy groups -OCH3 is 2. The number of unbranched alkanes of at least 4 members (excludes halogenated alkanes) is 1. The quantitative estimate of drug-likeness (QED) is 0.634. The van der Waals surface area contributed by atoms with Crippen molar-refractivity contribution in [3.8, 4) is 5.75 Å². The Kier molecular flexibility index (Phi) is 7.04. The van der Waals surface area contributed by atoms with Gasteiger partial charge in [0.15, 0.2) is 0 Å². The van der Waals surface area contributed by atoms with Crippen molar-refractivity contribution in [1.29, 1.82) is 0 Å². The summed E-state index contributed by atoms with van der Waals surface area (Å²) in [5.41, 5.74) is 1.41. The van der Waals surface area contributed by atoms with Crippen molar-refractivity contribution in [3.05, 3.63) is 29.8 Å². The molecular formula is C18H29NO2. The predicted molar refractivity (Wildman–Crippen MR) is 86.9 cm³/mol. The zero-order chi connectivity index (χ0) is 14.9. The Morgan fingerprint density at radius 1 is 1.14 bits per heavy atom. The minimum absolute atomic E-state index is 0.718. The van der Waals surface area contributed by atoms with Gasteiger partial charge in [0.1, 0.15) is 5.75 Å². The third kappa shape index (κ3) is 6.49. The van der Waals surface area contributed by atoms with Crippen LogP contribution in [-0.4, -0.2) is 33.4 Å². The highest BCUT2D eigenvalue weighted by atomic mass is 16.5. The monoisotopic (exact) mass is 291 g/mol. The van der Waals surface area contributed by atoms with Crippen molar-refractivity contribution < 1.29 is 9.47 Å². The Morgan fingerprint density at radius 3 is 2.52 bits per heavy atom. The summed E-state index contributed by atoms with van der Waals surface area (Å²) >= 11 is 0. The summed E-state index contributed by atoms with van der Waals surface area (Å²) in [6, 6.07) is 9.30. The lowest BCUT2D eigenvalue weighted by Crippen LogP contribution is -2.26. The topological polar surface area (TPSA) is 30.5 Å². The number of hydrogen-bond donors (Lipinski definition) is 1. The molecular weight excluding hydrogens is 262 g/mol. The maximum absolute atomic E-state index is 5.23. The molecule has 1 aromatic carbocycles. The minimum Gasteiger partial charge on any atom is -0.497 e. The van der Waals surface area contributed by atoms with Gasteiger partial charge in [0.05, 0.1) is 7.11 Å².